The zero-order valence-electron chi connectivity index (χ0n) is 40.3. The lowest BCUT2D eigenvalue weighted by atomic mass is 10.0. The van der Waals surface area contributed by atoms with Gasteiger partial charge in [0.1, 0.15) is 12.6 Å². The number of fused-ring (bicyclic) bond motifs is 1. The van der Waals surface area contributed by atoms with E-state index < -0.39 is 35.6 Å². The summed E-state index contributed by atoms with van der Waals surface area (Å²) in [6, 6.07) is 3.51. The number of nitrogens with one attached hydrogen (secondary N) is 2. The molecule has 0 saturated carbocycles. The quantitative estimate of drug-likeness (QED) is 0.0478. The number of benzene rings is 1. The van der Waals surface area contributed by atoms with Crippen LogP contribution in [0.25, 0.3) is 0 Å². The van der Waals surface area contributed by atoms with Gasteiger partial charge < -0.3 is 67.3 Å². The number of amides is 5. The Morgan fingerprint density at radius 1 is 0.529 bits per heavy atom. The number of carboxylic acids is 1. The predicted molar refractivity (Wildman–Crippen MR) is 246 cm³/mol. The van der Waals surface area contributed by atoms with E-state index >= 15 is 0 Å². The molecule has 0 radical (unpaired) electrons. The molecule has 1 saturated heterocycles. The van der Waals surface area contributed by atoms with Crippen molar-refractivity contribution >= 4 is 47.2 Å². The predicted octanol–water partition coefficient (Wildman–Crippen LogP) is 1.96. The number of imide groups is 2. The van der Waals surface area contributed by atoms with Gasteiger partial charge in [-0.3, -0.25) is 43.8 Å². The van der Waals surface area contributed by atoms with Crippen molar-refractivity contribution in [1.29, 1.82) is 0 Å². The van der Waals surface area contributed by atoms with Crippen LogP contribution in [0.15, 0.2) is 18.2 Å². The van der Waals surface area contributed by atoms with Gasteiger partial charge in [-0.1, -0.05) is 12.5 Å². The molecule has 2 heterocycles. The molecule has 23 heteroatoms. The van der Waals surface area contributed by atoms with Crippen molar-refractivity contribution < 1.29 is 95.5 Å². The Balaban J connectivity index is 0.954. The van der Waals surface area contributed by atoms with Crippen molar-refractivity contribution in [2.45, 2.75) is 70.3 Å². The molecule has 0 spiro atoms. The number of hydrogen-bond donors (Lipinski definition) is 3. The van der Waals surface area contributed by atoms with Crippen molar-refractivity contribution in [3.05, 3.63) is 29.3 Å². The van der Waals surface area contributed by atoms with Gasteiger partial charge in [-0.15, -0.1) is 0 Å². The molecule has 2 aliphatic rings. The molecule has 1 fully saturated rings. The van der Waals surface area contributed by atoms with E-state index in [9.17, 15) is 33.6 Å². The van der Waals surface area contributed by atoms with E-state index in [1.807, 2.05) is 0 Å². The molecule has 1 unspecified atom stereocenters. The summed E-state index contributed by atoms with van der Waals surface area (Å²) >= 11 is 0. The number of hydrogen-bond acceptors (Lipinski definition) is 19. The summed E-state index contributed by atoms with van der Waals surface area (Å²) in [5.41, 5.74) is 0.360. The Kier molecular flexibility index (Phi) is 33.4. The third-order valence-electron chi connectivity index (χ3n) is 10.2. The molecule has 70 heavy (non-hydrogen) atoms. The fraction of sp³-hybridized carbons (Fsp3) is 0.723. The van der Waals surface area contributed by atoms with Crippen LogP contribution >= 0.6 is 0 Å². The fourth-order valence-corrected chi connectivity index (χ4v) is 6.63. The average Bonchev–Trinajstić information content (AvgIpc) is 3.59. The number of nitrogens with zero attached hydrogens (tertiary/aromatic N) is 1. The maximum Gasteiger partial charge on any atom is 0.305 e. The minimum Gasteiger partial charge on any atom is -0.481 e. The molecular formula is C47H73N3O20. The summed E-state index contributed by atoms with van der Waals surface area (Å²) < 4.78 is 65.3. The molecular weight excluding hydrogens is 927 g/mol. The fourth-order valence-electron chi connectivity index (χ4n) is 6.63. The molecule has 1 atom stereocenters. The van der Waals surface area contributed by atoms with Gasteiger partial charge in [0.2, 0.25) is 17.7 Å². The Morgan fingerprint density at radius 3 is 1.41 bits per heavy atom. The number of anilines is 1. The normalized spacial score (nSPS) is 14.6. The van der Waals surface area contributed by atoms with Gasteiger partial charge in [0.05, 0.1) is 156 Å². The van der Waals surface area contributed by atoms with Crippen LogP contribution in [0, 0.1) is 0 Å². The SMILES string of the molecule is O=C(O)CCCCC(=O)OCCOCCOCCOCCOCCOCCOCCOCCOCCOCCOCCOCCCCCC(=O)Nc1cccc2c1C(=O)N(C1CCC(=O)NC1=O)C2=O. The Hall–Kier alpha value is -4.53. The summed E-state index contributed by atoms with van der Waals surface area (Å²) in [6.07, 6.45) is 3.58. The zero-order valence-corrected chi connectivity index (χ0v) is 40.3. The van der Waals surface area contributed by atoms with Gasteiger partial charge in [0, 0.05) is 32.3 Å². The summed E-state index contributed by atoms with van der Waals surface area (Å²) in [6.45, 7) is 9.66. The van der Waals surface area contributed by atoms with Crippen LogP contribution < -0.4 is 10.6 Å². The van der Waals surface area contributed by atoms with Gasteiger partial charge in [-0.2, -0.15) is 0 Å². The number of carboxylic acid groups (broad SMARTS) is 1. The number of aliphatic carboxylic acids is 1. The number of unbranched alkanes of at least 4 members (excludes halogenated alkanes) is 3. The van der Waals surface area contributed by atoms with E-state index in [2.05, 4.69) is 10.6 Å². The van der Waals surface area contributed by atoms with Crippen LogP contribution in [-0.2, 0) is 80.8 Å². The van der Waals surface area contributed by atoms with Crippen LogP contribution in [0.4, 0.5) is 5.69 Å². The largest absolute Gasteiger partial charge is 0.481 e. The van der Waals surface area contributed by atoms with Crippen LogP contribution in [0.2, 0.25) is 0 Å². The minimum atomic E-state index is -1.08. The van der Waals surface area contributed by atoms with E-state index in [0.29, 0.717) is 158 Å². The van der Waals surface area contributed by atoms with Gasteiger partial charge in [-0.25, -0.2) is 0 Å². The van der Waals surface area contributed by atoms with E-state index in [4.69, 9.17) is 61.9 Å². The maximum absolute atomic E-state index is 13.2. The van der Waals surface area contributed by atoms with Gasteiger partial charge in [0.25, 0.3) is 11.8 Å². The molecule has 5 amide bonds. The standard InChI is InChI=1S/C47H73N3O20/c51-40(48-38-8-6-7-37-44(38)47(58)50(46(37)57)39-12-13-41(52)49-45(39)56)9-2-1-5-14-59-15-16-60-17-18-61-19-20-62-21-22-63-23-24-64-25-26-65-27-28-66-29-30-67-31-32-68-33-34-69-35-36-70-43(55)11-4-3-10-42(53)54/h6-8,39H,1-5,9-36H2,(H,48,51)(H,53,54)(H,49,52,56). The van der Waals surface area contributed by atoms with Gasteiger partial charge in [0.15, 0.2) is 0 Å². The highest BCUT2D eigenvalue weighted by Gasteiger charge is 2.45. The zero-order chi connectivity index (χ0) is 50.3. The molecule has 2 aliphatic heterocycles. The first kappa shape index (κ1) is 59.8. The van der Waals surface area contributed by atoms with E-state index in [0.717, 1.165) is 17.7 Å². The van der Waals surface area contributed by atoms with E-state index in [-0.39, 0.29) is 74.0 Å². The summed E-state index contributed by atoms with van der Waals surface area (Å²) in [7, 11) is 0. The van der Waals surface area contributed by atoms with Crippen LogP contribution in [0.3, 0.4) is 0 Å². The number of rotatable bonds is 46. The second-order valence-corrected chi connectivity index (χ2v) is 15.6. The number of carbonyl (C=O) groups is 7. The third kappa shape index (κ3) is 27.2. The first-order valence-corrected chi connectivity index (χ1v) is 24.1. The number of carbonyl (C=O) groups excluding carboxylic acids is 6. The van der Waals surface area contributed by atoms with E-state index in [1.165, 1.54) is 6.07 Å². The van der Waals surface area contributed by atoms with Crippen LogP contribution in [0.1, 0.15) is 84.9 Å². The first-order valence-electron chi connectivity index (χ1n) is 24.1. The second kappa shape index (κ2) is 39.1. The van der Waals surface area contributed by atoms with Crippen molar-refractivity contribution in [3.63, 3.8) is 0 Å². The molecule has 0 aliphatic carbocycles. The van der Waals surface area contributed by atoms with E-state index in [1.54, 1.807) is 12.1 Å². The Morgan fingerprint density at radius 2 is 0.957 bits per heavy atom. The Labute approximate surface area is 409 Å². The molecule has 23 nitrogen and oxygen atoms in total. The lowest BCUT2D eigenvalue weighted by molar-refractivity contribution is -0.146. The maximum atomic E-state index is 13.2. The average molecular weight is 1000 g/mol. The molecule has 0 bridgehead atoms. The number of esters is 1. The lowest BCUT2D eigenvalue weighted by Gasteiger charge is -2.27. The molecule has 396 valence electrons. The molecule has 3 rings (SSSR count). The highest BCUT2D eigenvalue weighted by atomic mass is 16.6. The monoisotopic (exact) mass is 999 g/mol. The minimum absolute atomic E-state index is 0.0216. The van der Waals surface area contributed by atoms with Crippen LogP contribution in [0.5, 0.6) is 0 Å². The topological polar surface area (TPSA) is 278 Å². The summed E-state index contributed by atoms with van der Waals surface area (Å²) in [5.74, 6) is -3.98. The summed E-state index contributed by atoms with van der Waals surface area (Å²) in [4.78, 5) is 85.6. The molecule has 1 aromatic carbocycles. The van der Waals surface area contributed by atoms with Crippen molar-refractivity contribution in [2.24, 2.45) is 0 Å². The van der Waals surface area contributed by atoms with Crippen molar-refractivity contribution in [2.75, 3.05) is 157 Å². The molecule has 3 N–H and O–H groups in total. The second-order valence-electron chi connectivity index (χ2n) is 15.6. The molecule has 1 aromatic rings. The molecule has 0 aromatic heterocycles. The third-order valence-corrected chi connectivity index (χ3v) is 10.2. The first-order chi connectivity index (χ1) is 34.2. The smallest absolute Gasteiger partial charge is 0.305 e. The number of piperidine rings is 1. The van der Waals surface area contributed by atoms with Crippen molar-refractivity contribution in [3.8, 4) is 0 Å². The lowest BCUT2D eigenvalue weighted by Crippen LogP contribution is -2.54. The highest BCUT2D eigenvalue weighted by molar-refractivity contribution is 6.26. The van der Waals surface area contributed by atoms with Crippen molar-refractivity contribution in [1.82, 2.24) is 10.2 Å². The highest BCUT2D eigenvalue weighted by Crippen LogP contribution is 2.32. The van der Waals surface area contributed by atoms with Gasteiger partial charge in [-0.05, 0) is 44.2 Å². The Bertz CT molecular complexity index is 1680. The summed E-state index contributed by atoms with van der Waals surface area (Å²) in [5, 5.41) is 13.5. The van der Waals surface area contributed by atoms with Gasteiger partial charge >= 0.3 is 11.9 Å². The van der Waals surface area contributed by atoms with Crippen LogP contribution in [-0.4, -0.2) is 209 Å². The number of ether oxygens (including phenoxy) is 12.